The molecule has 0 bridgehead atoms. The van der Waals surface area contributed by atoms with Gasteiger partial charge in [0.05, 0.1) is 6.21 Å². The summed E-state index contributed by atoms with van der Waals surface area (Å²) in [5.41, 5.74) is 4.72. The second-order valence-corrected chi connectivity index (χ2v) is 3.30. The molecule has 0 amide bonds. The van der Waals surface area contributed by atoms with Gasteiger partial charge in [-0.1, -0.05) is 30.3 Å². The fraction of sp³-hybridized carbons (Fsp3) is 0.0833. The molecule has 1 aromatic carbocycles. The van der Waals surface area contributed by atoms with E-state index in [1.165, 1.54) is 0 Å². The Hall–Kier alpha value is -2.23. The molecule has 2 rings (SSSR count). The highest BCUT2D eigenvalue weighted by atomic mass is 15.3. The third-order valence-electron chi connectivity index (χ3n) is 1.97. The average molecular weight is 212 g/mol. The fourth-order valence-electron chi connectivity index (χ4n) is 1.21. The van der Waals surface area contributed by atoms with Crippen molar-refractivity contribution in [1.29, 1.82) is 0 Å². The molecule has 0 saturated heterocycles. The molecule has 1 N–H and O–H groups in total. The van der Waals surface area contributed by atoms with Crippen molar-refractivity contribution < 1.29 is 0 Å². The minimum atomic E-state index is 0.507. The van der Waals surface area contributed by atoms with E-state index >= 15 is 0 Å². The second kappa shape index (κ2) is 5.02. The molecule has 1 aromatic heterocycles. The Morgan fingerprint density at radius 3 is 2.75 bits per heavy atom. The SMILES string of the molecule is Cc1ccnc(N/N=C\c2ccccc2)n1. The number of benzene rings is 1. The van der Waals surface area contributed by atoms with Crippen LogP contribution in [0.4, 0.5) is 5.95 Å². The van der Waals surface area contributed by atoms with Crippen LogP contribution in [0.1, 0.15) is 11.3 Å². The van der Waals surface area contributed by atoms with Crippen LogP contribution in [0.3, 0.4) is 0 Å². The molecule has 0 radical (unpaired) electrons. The van der Waals surface area contributed by atoms with Crippen molar-refractivity contribution in [2.45, 2.75) is 6.92 Å². The Morgan fingerprint density at radius 1 is 1.19 bits per heavy atom. The van der Waals surface area contributed by atoms with Crippen molar-refractivity contribution >= 4 is 12.2 Å². The zero-order valence-electron chi connectivity index (χ0n) is 8.96. The molecule has 80 valence electrons. The summed E-state index contributed by atoms with van der Waals surface area (Å²) in [5.74, 6) is 0.507. The number of aromatic nitrogens is 2. The van der Waals surface area contributed by atoms with E-state index in [1.807, 2.05) is 43.3 Å². The first-order valence-electron chi connectivity index (χ1n) is 4.98. The van der Waals surface area contributed by atoms with Gasteiger partial charge in [-0.2, -0.15) is 5.10 Å². The maximum atomic E-state index is 4.17. The third-order valence-corrected chi connectivity index (χ3v) is 1.97. The van der Waals surface area contributed by atoms with Gasteiger partial charge in [0.25, 0.3) is 0 Å². The summed E-state index contributed by atoms with van der Waals surface area (Å²) in [6, 6.07) is 11.7. The highest BCUT2D eigenvalue weighted by Gasteiger charge is 1.92. The molecule has 16 heavy (non-hydrogen) atoms. The number of hydrazone groups is 1. The van der Waals surface area contributed by atoms with Crippen LogP contribution >= 0.6 is 0 Å². The molecule has 0 spiro atoms. The van der Waals surface area contributed by atoms with E-state index in [4.69, 9.17) is 0 Å². The molecular weight excluding hydrogens is 200 g/mol. The molecule has 0 fully saturated rings. The van der Waals surface area contributed by atoms with Gasteiger partial charge in [0, 0.05) is 11.9 Å². The van der Waals surface area contributed by atoms with Crippen LogP contribution in [0, 0.1) is 6.92 Å². The predicted molar refractivity (Wildman–Crippen MR) is 64.4 cm³/mol. The van der Waals surface area contributed by atoms with E-state index in [2.05, 4.69) is 20.5 Å². The maximum Gasteiger partial charge on any atom is 0.243 e. The van der Waals surface area contributed by atoms with Crippen LogP contribution in [0.5, 0.6) is 0 Å². The Morgan fingerprint density at radius 2 is 2.00 bits per heavy atom. The lowest BCUT2D eigenvalue weighted by molar-refractivity contribution is 1.07. The standard InChI is InChI=1S/C12H12N4/c1-10-7-8-13-12(15-10)16-14-9-11-5-3-2-4-6-11/h2-9H,1H3,(H,13,15,16)/b14-9-. The van der Waals surface area contributed by atoms with E-state index in [1.54, 1.807) is 12.4 Å². The van der Waals surface area contributed by atoms with Crippen LogP contribution < -0.4 is 5.43 Å². The Labute approximate surface area is 94.1 Å². The van der Waals surface area contributed by atoms with Crippen LogP contribution in [0.15, 0.2) is 47.7 Å². The molecule has 0 unspecified atom stereocenters. The van der Waals surface area contributed by atoms with Gasteiger partial charge in [-0.05, 0) is 18.6 Å². The molecule has 4 heteroatoms. The van der Waals surface area contributed by atoms with Gasteiger partial charge in [0.1, 0.15) is 0 Å². The number of hydrogen-bond acceptors (Lipinski definition) is 4. The molecule has 0 aliphatic carbocycles. The van der Waals surface area contributed by atoms with Gasteiger partial charge in [0.15, 0.2) is 0 Å². The normalized spacial score (nSPS) is 10.6. The Kier molecular flexibility index (Phi) is 3.23. The smallest absolute Gasteiger partial charge is 0.243 e. The van der Waals surface area contributed by atoms with E-state index in [0.717, 1.165) is 11.3 Å². The van der Waals surface area contributed by atoms with Crippen LogP contribution in [-0.2, 0) is 0 Å². The molecule has 0 aliphatic heterocycles. The number of anilines is 1. The highest BCUT2D eigenvalue weighted by Crippen LogP contribution is 1.99. The monoisotopic (exact) mass is 212 g/mol. The molecule has 4 nitrogen and oxygen atoms in total. The highest BCUT2D eigenvalue weighted by molar-refractivity contribution is 5.79. The summed E-state index contributed by atoms with van der Waals surface area (Å²) < 4.78 is 0. The average Bonchev–Trinajstić information content (AvgIpc) is 2.30. The van der Waals surface area contributed by atoms with E-state index in [-0.39, 0.29) is 0 Å². The zero-order chi connectivity index (χ0) is 11.2. The molecular formula is C12H12N4. The Bertz CT molecular complexity index is 479. The fourth-order valence-corrected chi connectivity index (χ4v) is 1.21. The first-order valence-corrected chi connectivity index (χ1v) is 4.98. The summed E-state index contributed by atoms with van der Waals surface area (Å²) in [5, 5.41) is 4.05. The molecule has 1 heterocycles. The maximum absolute atomic E-state index is 4.17. The van der Waals surface area contributed by atoms with E-state index in [0.29, 0.717) is 5.95 Å². The summed E-state index contributed by atoms with van der Waals surface area (Å²) in [6.45, 7) is 1.91. The van der Waals surface area contributed by atoms with Crippen LogP contribution in [-0.4, -0.2) is 16.2 Å². The first kappa shape index (κ1) is 10.3. The van der Waals surface area contributed by atoms with E-state index < -0.39 is 0 Å². The minimum Gasteiger partial charge on any atom is -0.245 e. The summed E-state index contributed by atoms with van der Waals surface area (Å²) in [4.78, 5) is 8.20. The van der Waals surface area contributed by atoms with Gasteiger partial charge < -0.3 is 0 Å². The van der Waals surface area contributed by atoms with Gasteiger partial charge in [-0.3, -0.25) is 0 Å². The number of aryl methyl sites for hydroxylation is 1. The van der Waals surface area contributed by atoms with Crippen LogP contribution in [0.25, 0.3) is 0 Å². The summed E-state index contributed by atoms with van der Waals surface area (Å²) >= 11 is 0. The first-order chi connectivity index (χ1) is 7.84. The number of rotatable bonds is 3. The quantitative estimate of drug-likeness (QED) is 0.627. The lowest BCUT2D eigenvalue weighted by Crippen LogP contribution is -1.97. The molecule has 0 aliphatic rings. The largest absolute Gasteiger partial charge is 0.245 e. The van der Waals surface area contributed by atoms with Crippen molar-refractivity contribution in [3.8, 4) is 0 Å². The van der Waals surface area contributed by atoms with Crippen molar-refractivity contribution in [3.05, 3.63) is 53.9 Å². The van der Waals surface area contributed by atoms with Gasteiger partial charge >= 0.3 is 0 Å². The number of nitrogens with one attached hydrogen (secondary N) is 1. The third kappa shape index (κ3) is 2.88. The van der Waals surface area contributed by atoms with Crippen molar-refractivity contribution in [2.24, 2.45) is 5.10 Å². The molecule has 0 atom stereocenters. The summed E-state index contributed by atoms with van der Waals surface area (Å²) in [6.07, 6.45) is 3.42. The zero-order valence-corrected chi connectivity index (χ0v) is 8.96. The molecule has 2 aromatic rings. The number of nitrogens with zero attached hydrogens (tertiary/aromatic N) is 3. The second-order valence-electron chi connectivity index (χ2n) is 3.30. The predicted octanol–water partition coefficient (Wildman–Crippen LogP) is 2.23. The lowest BCUT2D eigenvalue weighted by atomic mass is 10.2. The van der Waals surface area contributed by atoms with Crippen molar-refractivity contribution in [3.63, 3.8) is 0 Å². The van der Waals surface area contributed by atoms with Gasteiger partial charge in [0.2, 0.25) is 5.95 Å². The van der Waals surface area contributed by atoms with Gasteiger partial charge in [-0.15, -0.1) is 0 Å². The van der Waals surface area contributed by atoms with Gasteiger partial charge in [-0.25, -0.2) is 15.4 Å². The Balaban J connectivity index is 2.00. The van der Waals surface area contributed by atoms with Crippen LogP contribution in [0.2, 0.25) is 0 Å². The number of hydrogen-bond donors (Lipinski definition) is 1. The topological polar surface area (TPSA) is 50.2 Å². The summed E-state index contributed by atoms with van der Waals surface area (Å²) in [7, 11) is 0. The lowest BCUT2D eigenvalue weighted by Gasteiger charge is -1.98. The minimum absolute atomic E-state index is 0.507. The van der Waals surface area contributed by atoms with E-state index in [9.17, 15) is 0 Å². The van der Waals surface area contributed by atoms with Crippen molar-refractivity contribution in [2.75, 3.05) is 5.43 Å². The van der Waals surface area contributed by atoms with Crippen molar-refractivity contribution in [1.82, 2.24) is 9.97 Å². The molecule has 0 saturated carbocycles.